The Kier molecular flexibility index (Phi) is 3.60. The maximum Gasteiger partial charge on any atom is 0.433 e. The average Bonchev–Trinajstić information content (AvgIpc) is 3.07. The highest BCUT2D eigenvalue weighted by molar-refractivity contribution is 5.65. The molecule has 0 aromatic carbocycles. The molecule has 1 aliphatic rings. The number of nitrogens with two attached hydrogens (primary N) is 1. The molecule has 1 heterocycles. The molecule has 2 rings (SSSR count). The largest absolute Gasteiger partial charge is 0.433 e. The molecule has 1 fully saturated rings. The summed E-state index contributed by atoms with van der Waals surface area (Å²) in [6.45, 7) is 2.79. The molecule has 0 bridgehead atoms. The molecule has 1 aliphatic carbocycles. The van der Waals surface area contributed by atoms with E-state index in [0.29, 0.717) is 12.2 Å². The first-order valence-corrected chi connectivity index (χ1v) is 6.43. The number of nitrogen functional groups attached to an aromatic ring is 1. The number of alkyl halides is 3. The van der Waals surface area contributed by atoms with Crippen molar-refractivity contribution in [2.45, 2.75) is 38.8 Å². The van der Waals surface area contributed by atoms with Crippen molar-refractivity contribution in [3.63, 3.8) is 0 Å². The zero-order chi connectivity index (χ0) is 14.1. The molecule has 0 atom stereocenters. The highest BCUT2D eigenvalue weighted by Crippen LogP contribution is 2.49. The molecule has 0 amide bonds. The Balaban J connectivity index is 2.07. The lowest BCUT2D eigenvalue weighted by Crippen LogP contribution is -2.17. The molecule has 1 aromatic heterocycles. The van der Waals surface area contributed by atoms with Crippen LogP contribution in [0.4, 0.5) is 24.5 Å². The second-order valence-corrected chi connectivity index (χ2v) is 5.26. The smallest absolute Gasteiger partial charge is 0.396 e. The number of nitrogens with zero attached hydrogens (tertiary/aromatic N) is 1. The van der Waals surface area contributed by atoms with Gasteiger partial charge in [0.25, 0.3) is 0 Å². The van der Waals surface area contributed by atoms with Crippen LogP contribution >= 0.6 is 0 Å². The van der Waals surface area contributed by atoms with Gasteiger partial charge >= 0.3 is 6.18 Å². The van der Waals surface area contributed by atoms with Crippen molar-refractivity contribution in [1.82, 2.24) is 4.98 Å². The summed E-state index contributed by atoms with van der Waals surface area (Å²) in [5, 5.41) is 3.05. The van der Waals surface area contributed by atoms with Crippen LogP contribution in [0.5, 0.6) is 0 Å². The van der Waals surface area contributed by atoms with Crippen LogP contribution in [0, 0.1) is 5.41 Å². The minimum atomic E-state index is -4.44. The summed E-state index contributed by atoms with van der Waals surface area (Å²) in [5.74, 6) is 0. The molecule has 0 aliphatic heterocycles. The van der Waals surface area contributed by atoms with Gasteiger partial charge in [0.1, 0.15) is 5.69 Å². The second kappa shape index (κ2) is 4.90. The van der Waals surface area contributed by atoms with Gasteiger partial charge in [-0.3, -0.25) is 0 Å². The summed E-state index contributed by atoms with van der Waals surface area (Å²) >= 11 is 0. The Bertz CT molecular complexity index is 453. The van der Waals surface area contributed by atoms with Gasteiger partial charge in [-0.2, -0.15) is 13.2 Å². The quantitative estimate of drug-likeness (QED) is 0.860. The number of hydrogen-bond donors (Lipinski definition) is 2. The lowest BCUT2D eigenvalue weighted by molar-refractivity contribution is -0.141. The topological polar surface area (TPSA) is 50.9 Å². The Morgan fingerprint density at radius 3 is 2.63 bits per heavy atom. The van der Waals surface area contributed by atoms with Crippen molar-refractivity contribution >= 4 is 11.4 Å². The zero-order valence-electron chi connectivity index (χ0n) is 10.8. The van der Waals surface area contributed by atoms with E-state index in [1.54, 1.807) is 0 Å². The van der Waals surface area contributed by atoms with E-state index in [0.717, 1.165) is 37.9 Å². The van der Waals surface area contributed by atoms with Gasteiger partial charge in [0.15, 0.2) is 0 Å². The van der Waals surface area contributed by atoms with Gasteiger partial charge in [0.05, 0.1) is 17.6 Å². The predicted molar refractivity (Wildman–Crippen MR) is 68.7 cm³/mol. The van der Waals surface area contributed by atoms with E-state index < -0.39 is 11.9 Å². The Hall–Kier alpha value is -1.46. The first-order chi connectivity index (χ1) is 8.86. The van der Waals surface area contributed by atoms with Gasteiger partial charge in [0, 0.05) is 6.54 Å². The number of halogens is 3. The zero-order valence-corrected chi connectivity index (χ0v) is 10.8. The van der Waals surface area contributed by atoms with E-state index in [-0.39, 0.29) is 11.1 Å². The number of pyridine rings is 1. The molecule has 1 aromatic rings. The van der Waals surface area contributed by atoms with Crippen molar-refractivity contribution in [2.24, 2.45) is 5.41 Å². The molecular weight excluding hydrogens is 255 g/mol. The van der Waals surface area contributed by atoms with Crippen molar-refractivity contribution in [2.75, 3.05) is 17.6 Å². The Labute approximate surface area is 110 Å². The predicted octanol–water partition coefficient (Wildman–Crippen LogP) is 3.67. The van der Waals surface area contributed by atoms with E-state index in [1.807, 2.05) is 0 Å². The number of aromatic nitrogens is 1. The molecule has 1 saturated carbocycles. The van der Waals surface area contributed by atoms with Crippen molar-refractivity contribution in [3.05, 3.63) is 18.0 Å². The third-order valence-corrected chi connectivity index (χ3v) is 3.62. The fraction of sp³-hybridized carbons (Fsp3) is 0.615. The summed E-state index contributed by atoms with van der Waals surface area (Å²) < 4.78 is 37.7. The van der Waals surface area contributed by atoms with Crippen LogP contribution in [0.1, 0.15) is 38.3 Å². The van der Waals surface area contributed by atoms with Crippen LogP contribution in [-0.4, -0.2) is 11.5 Å². The van der Waals surface area contributed by atoms with Crippen LogP contribution in [0.2, 0.25) is 0 Å². The minimum absolute atomic E-state index is 0.250. The van der Waals surface area contributed by atoms with E-state index in [9.17, 15) is 13.2 Å². The van der Waals surface area contributed by atoms with Crippen LogP contribution in [0.3, 0.4) is 0 Å². The SMILES string of the molecule is CCCC1(CNc2cc(C(F)(F)F)ncc2N)CC1. The Morgan fingerprint density at radius 2 is 2.11 bits per heavy atom. The van der Waals surface area contributed by atoms with Gasteiger partial charge < -0.3 is 11.1 Å². The minimum Gasteiger partial charge on any atom is -0.396 e. The van der Waals surface area contributed by atoms with Gasteiger partial charge in [-0.05, 0) is 30.7 Å². The van der Waals surface area contributed by atoms with Crippen LogP contribution in [0.25, 0.3) is 0 Å². The molecule has 3 N–H and O–H groups in total. The maximum absolute atomic E-state index is 12.6. The molecular formula is C13H18F3N3. The third-order valence-electron chi connectivity index (χ3n) is 3.62. The number of rotatable bonds is 5. The first-order valence-electron chi connectivity index (χ1n) is 6.43. The molecule has 0 unspecified atom stereocenters. The highest BCUT2D eigenvalue weighted by Gasteiger charge is 2.41. The van der Waals surface area contributed by atoms with Crippen molar-refractivity contribution in [1.29, 1.82) is 0 Å². The number of anilines is 2. The fourth-order valence-corrected chi connectivity index (χ4v) is 2.28. The lowest BCUT2D eigenvalue weighted by atomic mass is 10.0. The van der Waals surface area contributed by atoms with Gasteiger partial charge in [0.2, 0.25) is 0 Å². The molecule has 0 saturated heterocycles. The highest BCUT2D eigenvalue weighted by atomic mass is 19.4. The molecule has 106 valence electrons. The lowest BCUT2D eigenvalue weighted by Gasteiger charge is -2.17. The third kappa shape index (κ3) is 3.30. The van der Waals surface area contributed by atoms with E-state index in [2.05, 4.69) is 17.2 Å². The summed E-state index contributed by atoms with van der Waals surface area (Å²) in [4.78, 5) is 3.32. The van der Waals surface area contributed by atoms with Crippen LogP contribution < -0.4 is 11.1 Å². The van der Waals surface area contributed by atoms with Gasteiger partial charge in [-0.1, -0.05) is 13.3 Å². The van der Waals surface area contributed by atoms with Gasteiger partial charge in [-0.15, -0.1) is 0 Å². The average molecular weight is 273 g/mol. The molecule has 0 radical (unpaired) electrons. The fourth-order valence-electron chi connectivity index (χ4n) is 2.28. The number of hydrogen-bond acceptors (Lipinski definition) is 3. The Morgan fingerprint density at radius 1 is 1.42 bits per heavy atom. The van der Waals surface area contributed by atoms with Crippen molar-refractivity contribution < 1.29 is 13.2 Å². The van der Waals surface area contributed by atoms with Crippen LogP contribution in [0.15, 0.2) is 12.3 Å². The summed E-state index contributed by atoms with van der Waals surface area (Å²) in [6, 6.07) is 0.983. The first kappa shape index (κ1) is 14.0. The summed E-state index contributed by atoms with van der Waals surface area (Å²) in [6.07, 6.45) is 1.06. The molecule has 19 heavy (non-hydrogen) atoms. The van der Waals surface area contributed by atoms with Gasteiger partial charge in [-0.25, -0.2) is 4.98 Å². The monoisotopic (exact) mass is 273 g/mol. The van der Waals surface area contributed by atoms with E-state index in [1.165, 1.54) is 0 Å². The second-order valence-electron chi connectivity index (χ2n) is 5.26. The van der Waals surface area contributed by atoms with E-state index in [4.69, 9.17) is 5.73 Å². The summed E-state index contributed by atoms with van der Waals surface area (Å²) in [5.41, 5.74) is 5.58. The van der Waals surface area contributed by atoms with Crippen molar-refractivity contribution in [3.8, 4) is 0 Å². The maximum atomic E-state index is 12.6. The molecule has 6 heteroatoms. The standard InChI is InChI=1S/C13H18F3N3/c1-2-3-12(4-5-12)8-19-10-6-11(13(14,15)16)18-7-9(10)17/h6-7H,2-5,8,17H2,1H3,(H,18,19). The molecule has 3 nitrogen and oxygen atoms in total. The number of nitrogens with one attached hydrogen (secondary N) is 1. The van der Waals surface area contributed by atoms with E-state index >= 15 is 0 Å². The summed E-state index contributed by atoms with van der Waals surface area (Å²) in [7, 11) is 0. The molecule has 0 spiro atoms. The van der Waals surface area contributed by atoms with Crippen LogP contribution in [-0.2, 0) is 6.18 Å². The normalized spacial score (nSPS) is 17.3.